The van der Waals surface area contributed by atoms with Gasteiger partial charge in [-0.05, 0) is 54.0 Å². The van der Waals surface area contributed by atoms with Gasteiger partial charge in [-0.1, -0.05) is 63.2 Å². The Labute approximate surface area is 190 Å². The van der Waals surface area contributed by atoms with Gasteiger partial charge in [0.1, 0.15) is 0 Å². The van der Waals surface area contributed by atoms with Crippen LogP contribution in [0.4, 0.5) is 5.69 Å². The molecule has 0 amide bonds. The zero-order valence-electron chi connectivity index (χ0n) is 18.9. The first-order valence-electron chi connectivity index (χ1n) is 11.3. The number of allylic oxidation sites excluding steroid dienone is 1. The molecule has 0 radical (unpaired) electrons. The van der Waals surface area contributed by atoms with Crippen LogP contribution in [-0.2, 0) is 4.79 Å². The molecule has 4 heteroatoms. The van der Waals surface area contributed by atoms with E-state index in [1.54, 1.807) is 18.6 Å². The second kappa shape index (κ2) is 9.82. The van der Waals surface area contributed by atoms with Crippen molar-refractivity contribution in [2.45, 2.75) is 33.6 Å². The quantitative estimate of drug-likeness (QED) is 0.345. The molecule has 162 valence electrons. The number of carbonyl (C=O) groups is 1. The van der Waals surface area contributed by atoms with Crippen LogP contribution in [0.15, 0.2) is 77.6 Å². The first kappa shape index (κ1) is 21.8. The average molecular weight is 424 g/mol. The minimum Gasteiger partial charge on any atom is -0.294 e. The normalized spacial score (nSPS) is 20.4. The summed E-state index contributed by atoms with van der Waals surface area (Å²) in [6.07, 6.45) is 9.46. The van der Waals surface area contributed by atoms with E-state index in [1.807, 2.05) is 54.6 Å². The minimum absolute atomic E-state index is 0.150. The molecule has 0 N–H and O–H groups in total. The number of hydrogen-bond donors (Lipinski definition) is 0. The van der Waals surface area contributed by atoms with E-state index >= 15 is 0 Å². The summed E-state index contributed by atoms with van der Waals surface area (Å²) in [4.78, 5) is 26.3. The summed E-state index contributed by atoms with van der Waals surface area (Å²) >= 11 is 0. The molecule has 0 aliphatic heterocycles. The van der Waals surface area contributed by atoms with Crippen molar-refractivity contribution >= 4 is 23.8 Å². The fourth-order valence-electron chi connectivity index (χ4n) is 4.15. The van der Waals surface area contributed by atoms with Gasteiger partial charge in [-0.25, -0.2) is 9.97 Å². The van der Waals surface area contributed by atoms with Crippen molar-refractivity contribution in [1.82, 2.24) is 9.97 Å². The van der Waals surface area contributed by atoms with Crippen molar-refractivity contribution < 1.29 is 4.79 Å². The van der Waals surface area contributed by atoms with Gasteiger partial charge in [-0.15, -0.1) is 0 Å². The Balaban J connectivity index is 1.45. The van der Waals surface area contributed by atoms with Gasteiger partial charge in [0.15, 0.2) is 11.6 Å². The van der Waals surface area contributed by atoms with Gasteiger partial charge in [0.2, 0.25) is 0 Å². The lowest BCUT2D eigenvalue weighted by molar-refractivity contribution is -0.122. The van der Waals surface area contributed by atoms with Gasteiger partial charge in [-0.2, -0.15) is 0 Å². The van der Waals surface area contributed by atoms with Crippen molar-refractivity contribution in [2.24, 2.45) is 22.7 Å². The zero-order chi connectivity index (χ0) is 22.5. The maximum absolute atomic E-state index is 12.9. The molecule has 1 heterocycles. The van der Waals surface area contributed by atoms with Crippen LogP contribution in [0.25, 0.3) is 17.5 Å². The molecule has 0 saturated heterocycles. The molecule has 0 spiro atoms. The van der Waals surface area contributed by atoms with Crippen molar-refractivity contribution in [3.05, 3.63) is 83.7 Å². The van der Waals surface area contributed by atoms with E-state index in [4.69, 9.17) is 0 Å². The number of aliphatic imine (C=N–C) groups is 1. The number of ketones is 1. The third kappa shape index (κ3) is 5.08. The fraction of sp³-hybridized carbons (Fsp3) is 0.286. The van der Waals surface area contributed by atoms with E-state index in [9.17, 15) is 4.79 Å². The molecule has 2 aromatic carbocycles. The van der Waals surface area contributed by atoms with Crippen molar-refractivity contribution in [3.63, 3.8) is 0 Å². The Hall–Kier alpha value is -3.40. The number of benzene rings is 2. The fourth-order valence-corrected chi connectivity index (χ4v) is 4.15. The average Bonchev–Trinajstić information content (AvgIpc) is 2.82. The van der Waals surface area contributed by atoms with Crippen LogP contribution in [0.2, 0.25) is 0 Å². The lowest BCUT2D eigenvalue weighted by Crippen LogP contribution is -2.30. The SMILES string of the molecule is CC1CCC(C(C)C)C(=O)/C1=C\c1ccc(N=Cc2cnc(-c3ccccc3)nc2)cc1. The molecule has 1 saturated carbocycles. The maximum atomic E-state index is 12.9. The number of carbonyl (C=O) groups excluding carboxylic acids is 1. The summed E-state index contributed by atoms with van der Waals surface area (Å²) in [5.41, 5.74) is 4.69. The van der Waals surface area contributed by atoms with Crippen LogP contribution >= 0.6 is 0 Å². The first-order chi connectivity index (χ1) is 15.5. The van der Waals surface area contributed by atoms with Crippen molar-refractivity contribution in [3.8, 4) is 11.4 Å². The van der Waals surface area contributed by atoms with E-state index in [0.717, 1.165) is 40.8 Å². The van der Waals surface area contributed by atoms with Gasteiger partial charge in [0.25, 0.3) is 0 Å². The van der Waals surface area contributed by atoms with Crippen LogP contribution in [0.1, 0.15) is 44.7 Å². The highest BCUT2D eigenvalue weighted by molar-refractivity contribution is 6.02. The molecule has 32 heavy (non-hydrogen) atoms. The number of rotatable bonds is 5. The molecule has 1 aliphatic rings. The van der Waals surface area contributed by atoms with Gasteiger partial charge in [0, 0.05) is 35.7 Å². The Bertz CT molecular complexity index is 1110. The topological polar surface area (TPSA) is 55.2 Å². The maximum Gasteiger partial charge on any atom is 0.162 e. The first-order valence-corrected chi connectivity index (χ1v) is 11.3. The molecule has 4 rings (SSSR count). The number of aromatic nitrogens is 2. The van der Waals surface area contributed by atoms with Crippen LogP contribution in [0.3, 0.4) is 0 Å². The Morgan fingerprint density at radius 2 is 1.62 bits per heavy atom. The van der Waals surface area contributed by atoms with Gasteiger partial charge >= 0.3 is 0 Å². The lowest BCUT2D eigenvalue weighted by Gasteiger charge is -2.30. The molecule has 1 fully saturated rings. The predicted octanol–water partition coefficient (Wildman–Crippen LogP) is 6.55. The number of Topliss-reactive ketones (excluding diaryl/α,β-unsaturated/α-hetero) is 1. The summed E-state index contributed by atoms with van der Waals surface area (Å²) < 4.78 is 0. The van der Waals surface area contributed by atoms with Crippen LogP contribution in [0.5, 0.6) is 0 Å². The van der Waals surface area contributed by atoms with E-state index in [-0.39, 0.29) is 5.92 Å². The van der Waals surface area contributed by atoms with Gasteiger partial charge in [-0.3, -0.25) is 9.79 Å². The molecule has 4 nitrogen and oxygen atoms in total. The third-order valence-corrected chi connectivity index (χ3v) is 6.15. The van der Waals surface area contributed by atoms with E-state index in [0.29, 0.717) is 23.4 Å². The highest BCUT2D eigenvalue weighted by Gasteiger charge is 2.32. The molecule has 2 atom stereocenters. The Morgan fingerprint density at radius 3 is 2.28 bits per heavy atom. The van der Waals surface area contributed by atoms with Gasteiger partial charge < -0.3 is 0 Å². The summed E-state index contributed by atoms with van der Waals surface area (Å²) in [5, 5.41) is 0. The summed E-state index contributed by atoms with van der Waals surface area (Å²) in [5.74, 6) is 1.87. The molecular weight excluding hydrogens is 394 g/mol. The van der Waals surface area contributed by atoms with Crippen molar-refractivity contribution in [2.75, 3.05) is 0 Å². The summed E-state index contributed by atoms with van der Waals surface area (Å²) in [6, 6.07) is 17.9. The third-order valence-electron chi connectivity index (χ3n) is 6.15. The number of hydrogen-bond acceptors (Lipinski definition) is 4. The van der Waals surface area contributed by atoms with Crippen LogP contribution < -0.4 is 0 Å². The largest absolute Gasteiger partial charge is 0.294 e. The second-order valence-electron chi connectivity index (χ2n) is 8.85. The molecule has 2 unspecified atom stereocenters. The monoisotopic (exact) mass is 423 g/mol. The van der Waals surface area contributed by atoms with Gasteiger partial charge in [0.05, 0.1) is 5.69 Å². The molecule has 1 aromatic heterocycles. The molecular formula is C28H29N3O. The lowest BCUT2D eigenvalue weighted by atomic mass is 9.73. The standard InChI is InChI=1S/C28H29N3O/c1-19(2)25-14-9-20(3)26(27(25)32)15-21-10-12-24(13-11-21)29-16-22-17-30-28(31-18-22)23-7-5-4-6-8-23/h4-8,10-13,15-20,25H,9,14H2,1-3H3/b26-15-,29-16?. The van der Waals surface area contributed by atoms with Crippen LogP contribution in [0, 0.1) is 17.8 Å². The smallest absolute Gasteiger partial charge is 0.162 e. The molecule has 3 aromatic rings. The summed E-state index contributed by atoms with van der Waals surface area (Å²) in [7, 11) is 0. The molecule has 1 aliphatic carbocycles. The van der Waals surface area contributed by atoms with E-state index in [1.165, 1.54) is 0 Å². The van der Waals surface area contributed by atoms with Crippen molar-refractivity contribution in [1.29, 1.82) is 0 Å². The zero-order valence-corrected chi connectivity index (χ0v) is 18.9. The highest BCUT2D eigenvalue weighted by atomic mass is 16.1. The summed E-state index contributed by atoms with van der Waals surface area (Å²) in [6.45, 7) is 6.44. The van der Waals surface area contributed by atoms with E-state index in [2.05, 4.69) is 41.8 Å². The van der Waals surface area contributed by atoms with E-state index < -0.39 is 0 Å². The second-order valence-corrected chi connectivity index (χ2v) is 8.85. The Kier molecular flexibility index (Phi) is 6.69. The predicted molar refractivity (Wildman–Crippen MR) is 131 cm³/mol. The highest BCUT2D eigenvalue weighted by Crippen LogP contribution is 2.35. The number of nitrogens with zero attached hydrogens (tertiary/aromatic N) is 3. The van der Waals surface area contributed by atoms with Crippen LogP contribution in [-0.4, -0.2) is 22.0 Å². The Morgan fingerprint density at radius 1 is 0.938 bits per heavy atom. The minimum atomic E-state index is 0.150. The molecule has 0 bridgehead atoms.